The molecule has 1 heterocycles. The third-order valence-corrected chi connectivity index (χ3v) is 4.97. The maximum Gasteiger partial charge on any atom is 0.416 e. The van der Waals surface area contributed by atoms with Gasteiger partial charge in [0.1, 0.15) is 6.61 Å². The number of ether oxygens (including phenoxy) is 1. The van der Waals surface area contributed by atoms with Crippen LogP contribution in [0.4, 0.5) is 4.79 Å². The molecule has 0 spiro atoms. The second-order valence-electron chi connectivity index (χ2n) is 6.91. The first-order valence-electron chi connectivity index (χ1n) is 9.17. The van der Waals surface area contributed by atoms with Crippen LogP contribution in [0, 0.1) is 6.92 Å². The van der Waals surface area contributed by atoms with Gasteiger partial charge in [-0.1, -0.05) is 67.1 Å². The van der Waals surface area contributed by atoms with Crippen molar-refractivity contribution in [2.24, 2.45) is 0 Å². The van der Waals surface area contributed by atoms with E-state index in [0.717, 1.165) is 17.5 Å². The van der Waals surface area contributed by atoms with Crippen LogP contribution in [-0.4, -0.2) is 29.5 Å². The number of benzene rings is 2. The van der Waals surface area contributed by atoms with E-state index in [0.29, 0.717) is 12.8 Å². The average molecular weight is 351 g/mol. The normalized spacial score (nSPS) is 17.8. The number of carbonyl (C=O) groups is 2. The maximum absolute atomic E-state index is 12.9. The smallest absolute Gasteiger partial charge is 0.416 e. The van der Waals surface area contributed by atoms with Gasteiger partial charge in [-0.2, -0.15) is 0 Å². The van der Waals surface area contributed by atoms with Crippen LogP contribution in [0.2, 0.25) is 0 Å². The minimum absolute atomic E-state index is 0.105. The summed E-state index contributed by atoms with van der Waals surface area (Å²) in [6.45, 7) is 4.39. The molecular formula is C22H25NO3. The van der Waals surface area contributed by atoms with E-state index < -0.39 is 6.09 Å². The molecule has 3 rings (SSSR count). The fourth-order valence-electron chi connectivity index (χ4n) is 3.53. The van der Waals surface area contributed by atoms with Crippen molar-refractivity contribution in [2.75, 3.05) is 6.61 Å². The number of nitrogens with zero attached hydrogens (tertiary/aromatic N) is 1. The standard InChI is InChI=1S/C22H25NO3/c1-3-18(19-11-7-8-16(2)12-19)14-21(24)23-20(15-26-22(23)25)13-17-9-5-4-6-10-17/h4-12,18,20H,3,13-15H2,1-2H3. The molecule has 1 aliphatic heterocycles. The minimum atomic E-state index is -0.518. The summed E-state index contributed by atoms with van der Waals surface area (Å²) in [7, 11) is 0. The van der Waals surface area contributed by atoms with E-state index in [9.17, 15) is 9.59 Å². The number of carbonyl (C=O) groups excluding carboxylic acids is 2. The van der Waals surface area contributed by atoms with Gasteiger partial charge >= 0.3 is 6.09 Å². The van der Waals surface area contributed by atoms with Crippen molar-refractivity contribution in [2.45, 2.75) is 45.1 Å². The van der Waals surface area contributed by atoms with E-state index in [1.165, 1.54) is 10.5 Å². The van der Waals surface area contributed by atoms with Crippen molar-refractivity contribution in [3.05, 3.63) is 71.3 Å². The second kappa shape index (κ2) is 8.17. The fourth-order valence-corrected chi connectivity index (χ4v) is 3.53. The Balaban J connectivity index is 1.72. The molecule has 2 amide bonds. The lowest BCUT2D eigenvalue weighted by atomic mass is 9.91. The largest absolute Gasteiger partial charge is 0.447 e. The molecule has 0 aliphatic carbocycles. The van der Waals surface area contributed by atoms with E-state index in [4.69, 9.17) is 4.74 Å². The lowest BCUT2D eigenvalue weighted by molar-refractivity contribution is -0.129. The van der Waals surface area contributed by atoms with Crippen LogP contribution in [0.5, 0.6) is 0 Å². The summed E-state index contributed by atoms with van der Waals surface area (Å²) in [5, 5.41) is 0. The number of cyclic esters (lactones) is 1. The van der Waals surface area contributed by atoms with Gasteiger partial charge in [0.05, 0.1) is 6.04 Å². The Kier molecular flexibility index (Phi) is 5.71. The molecule has 1 aliphatic rings. The summed E-state index contributed by atoms with van der Waals surface area (Å²) in [5.74, 6) is -0.0463. The molecule has 2 aromatic rings. The highest BCUT2D eigenvalue weighted by Gasteiger charge is 2.38. The van der Waals surface area contributed by atoms with Gasteiger partial charge in [-0.25, -0.2) is 9.69 Å². The molecular weight excluding hydrogens is 326 g/mol. The first-order chi connectivity index (χ1) is 12.6. The van der Waals surface area contributed by atoms with Gasteiger partial charge < -0.3 is 4.74 Å². The highest BCUT2D eigenvalue weighted by atomic mass is 16.6. The van der Waals surface area contributed by atoms with E-state index in [1.54, 1.807) is 0 Å². The van der Waals surface area contributed by atoms with Crippen molar-refractivity contribution in [1.29, 1.82) is 0 Å². The zero-order chi connectivity index (χ0) is 18.5. The SMILES string of the molecule is CCC(CC(=O)N1C(=O)OCC1Cc1ccccc1)c1cccc(C)c1. The average Bonchev–Trinajstić information content (AvgIpc) is 3.00. The molecule has 0 bridgehead atoms. The van der Waals surface area contributed by atoms with Crippen LogP contribution in [-0.2, 0) is 16.0 Å². The van der Waals surface area contributed by atoms with Gasteiger partial charge in [0.2, 0.25) is 5.91 Å². The number of imide groups is 1. The molecule has 136 valence electrons. The van der Waals surface area contributed by atoms with E-state index in [1.807, 2.05) is 49.4 Å². The van der Waals surface area contributed by atoms with Crippen LogP contribution in [0.1, 0.15) is 42.4 Å². The quantitative estimate of drug-likeness (QED) is 0.771. The molecule has 2 unspecified atom stereocenters. The predicted molar refractivity (Wildman–Crippen MR) is 101 cm³/mol. The summed E-state index contributed by atoms with van der Waals surface area (Å²) < 4.78 is 5.18. The number of amides is 2. The van der Waals surface area contributed by atoms with Crippen molar-refractivity contribution < 1.29 is 14.3 Å². The Labute approximate surface area is 154 Å². The van der Waals surface area contributed by atoms with Crippen LogP contribution >= 0.6 is 0 Å². The van der Waals surface area contributed by atoms with E-state index >= 15 is 0 Å². The lowest BCUT2D eigenvalue weighted by Crippen LogP contribution is -2.40. The van der Waals surface area contributed by atoms with Crippen LogP contribution in [0.3, 0.4) is 0 Å². The summed E-state index contributed by atoms with van der Waals surface area (Å²) in [6.07, 6.45) is 1.27. The fraction of sp³-hybridized carbons (Fsp3) is 0.364. The molecule has 26 heavy (non-hydrogen) atoms. The Hall–Kier alpha value is -2.62. The van der Waals surface area contributed by atoms with Gasteiger partial charge in [0, 0.05) is 6.42 Å². The topological polar surface area (TPSA) is 46.6 Å². The van der Waals surface area contributed by atoms with Gasteiger partial charge in [-0.3, -0.25) is 4.79 Å². The van der Waals surface area contributed by atoms with Crippen molar-refractivity contribution in [3.63, 3.8) is 0 Å². The Morgan fingerprint density at radius 1 is 1.19 bits per heavy atom. The Morgan fingerprint density at radius 3 is 2.65 bits per heavy atom. The zero-order valence-corrected chi connectivity index (χ0v) is 15.4. The molecule has 0 saturated carbocycles. The molecule has 4 nitrogen and oxygen atoms in total. The lowest BCUT2D eigenvalue weighted by Gasteiger charge is -2.23. The molecule has 2 aromatic carbocycles. The Bertz CT molecular complexity index is 772. The number of aryl methyl sites for hydroxylation is 1. The van der Waals surface area contributed by atoms with Crippen LogP contribution < -0.4 is 0 Å². The van der Waals surface area contributed by atoms with Crippen molar-refractivity contribution in [1.82, 2.24) is 4.90 Å². The number of hydrogen-bond donors (Lipinski definition) is 0. The summed E-state index contributed by atoms with van der Waals surface area (Å²) in [6, 6.07) is 17.9. The van der Waals surface area contributed by atoms with Gasteiger partial charge in [0.15, 0.2) is 0 Å². The first kappa shape index (κ1) is 18.2. The van der Waals surface area contributed by atoms with Gasteiger partial charge in [0.25, 0.3) is 0 Å². The summed E-state index contributed by atoms with van der Waals surface area (Å²) in [4.78, 5) is 26.4. The maximum atomic E-state index is 12.9. The summed E-state index contributed by atoms with van der Waals surface area (Å²) >= 11 is 0. The molecule has 0 N–H and O–H groups in total. The van der Waals surface area contributed by atoms with Crippen molar-refractivity contribution in [3.8, 4) is 0 Å². The predicted octanol–water partition coefficient (Wildman–Crippen LogP) is 4.47. The van der Waals surface area contributed by atoms with Gasteiger partial charge in [-0.05, 0) is 36.8 Å². The third kappa shape index (κ3) is 4.13. The molecule has 1 fully saturated rings. The monoisotopic (exact) mass is 351 g/mol. The first-order valence-corrected chi connectivity index (χ1v) is 9.17. The molecule has 1 saturated heterocycles. The minimum Gasteiger partial charge on any atom is -0.447 e. The highest BCUT2D eigenvalue weighted by Crippen LogP contribution is 2.27. The van der Waals surface area contributed by atoms with E-state index in [-0.39, 0.29) is 24.5 Å². The highest BCUT2D eigenvalue weighted by molar-refractivity contribution is 5.94. The Morgan fingerprint density at radius 2 is 1.96 bits per heavy atom. The molecule has 4 heteroatoms. The zero-order valence-electron chi connectivity index (χ0n) is 15.4. The molecule has 0 aromatic heterocycles. The summed E-state index contributed by atoms with van der Waals surface area (Å²) in [5.41, 5.74) is 3.42. The second-order valence-corrected chi connectivity index (χ2v) is 6.91. The van der Waals surface area contributed by atoms with Gasteiger partial charge in [-0.15, -0.1) is 0 Å². The number of hydrogen-bond acceptors (Lipinski definition) is 3. The van der Waals surface area contributed by atoms with Crippen LogP contribution in [0.15, 0.2) is 54.6 Å². The number of rotatable bonds is 6. The van der Waals surface area contributed by atoms with Crippen LogP contribution in [0.25, 0.3) is 0 Å². The van der Waals surface area contributed by atoms with E-state index in [2.05, 4.69) is 19.1 Å². The molecule has 0 radical (unpaired) electrons. The molecule has 2 atom stereocenters. The third-order valence-electron chi connectivity index (χ3n) is 4.97. The van der Waals surface area contributed by atoms with Crippen molar-refractivity contribution >= 4 is 12.0 Å².